The van der Waals surface area contributed by atoms with Crippen molar-refractivity contribution >= 4 is 12.0 Å². The molecule has 1 aromatic carbocycles. The first-order valence-corrected chi connectivity index (χ1v) is 7.97. The predicted molar refractivity (Wildman–Crippen MR) is 90.6 cm³/mol. The van der Waals surface area contributed by atoms with Gasteiger partial charge in [-0.1, -0.05) is 0 Å². The van der Waals surface area contributed by atoms with Gasteiger partial charge in [0.2, 0.25) is 0 Å². The largest absolute Gasteiger partial charge is 0.496 e. The van der Waals surface area contributed by atoms with Crippen molar-refractivity contribution in [2.75, 3.05) is 54.6 Å². The van der Waals surface area contributed by atoms with Crippen molar-refractivity contribution in [1.82, 2.24) is 9.80 Å². The van der Waals surface area contributed by atoms with Crippen molar-refractivity contribution in [2.45, 2.75) is 6.42 Å². The van der Waals surface area contributed by atoms with Crippen molar-refractivity contribution in [2.24, 2.45) is 0 Å². The first kappa shape index (κ1) is 18.7. The Balaban J connectivity index is 2.26. The molecule has 8 nitrogen and oxygen atoms in total. The Kier molecular flexibility index (Phi) is 6.32. The van der Waals surface area contributed by atoms with Crippen LogP contribution in [0.2, 0.25) is 0 Å². The maximum atomic E-state index is 13.0. The summed E-state index contributed by atoms with van der Waals surface area (Å²) in [4.78, 5) is 28.0. The lowest BCUT2D eigenvalue weighted by molar-refractivity contribution is 0.0750. The summed E-state index contributed by atoms with van der Waals surface area (Å²) < 4.78 is 20.7. The molecule has 8 heteroatoms. The standard InChI is InChI=1S/C17H24N2O6/c1-22-12-10-13(23-2)15(14(11-12)24-3)16(20)18-6-5-7-19(9-8-18)17(21)25-4/h10-11H,5-9H2,1-4H3. The van der Waals surface area contributed by atoms with E-state index in [0.29, 0.717) is 55.4 Å². The highest BCUT2D eigenvalue weighted by Gasteiger charge is 2.28. The zero-order chi connectivity index (χ0) is 18.4. The molecule has 0 atom stereocenters. The van der Waals surface area contributed by atoms with Gasteiger partial charge >= 0.3 is 6.09 Å². The summed E-state index contributed by atoms with van der Waals surface area (Å²) in [6.07, 6.45) is 0.288. The van der Waals surface area contributed by atoms with E-state index in [4.69, 9.17) is 18.9 Å². The number of methoxy groups -OCH3 is 4. The molecule has 138 valence electrons. The molecular weight excluding hydrogens is 328 g/mol. The van der Waals surface area contributed by atoms with Gasteiger partial charge in [-0.25, -0.2) is 4.79 Å². The minimum absolute atomic E-state index is 0.205. The third-order valence-corrected chi connectivity index (χ3v) is 4.14. The topological polar surface area (TPSA) is 77.5 Å². The smallest absolute Gasteiger partial charge is 0.409 e. The predicted octanol–water partition coefficient (Wildman–Crippen LogP) is 1.63. The molecule has 0 aliphatic carbocycles. The SMILES string of the molecule is COC(=O)N1CCCN(C(=O)c2c(OC)cc(OC)cc2OC)CC1. The zero-order valence-corrected chi connectivity index (χ0v) is 15.0. The molecule has 0 radical (unpaired) electrons. The molecule has 1 aromatic rings. The van der Waals surface area contributed by atoms with Gasteiger partial charge in [0.15, 0.2) is 0 Å². The molecule has 25 heavy (non-hydrogen) atoms. The van der Waals surface area contributed by atoms with E-state index in [-0.39, 0.29) is 12.0 Å². The highest BCUT2D eigenvalue weighted by Crippen LogP contribution is 2.35. The minimum atomic E-state index is -0.381. The first-order chi connectivity index (χ1) is 12.0. The monoisotopic (exact) mass is 352 g/mol. The fourth-order valence-corrected chi connectivity index (χ4v) is 2.81. The number of benzene rings is 1. The Hall–Kier alpha value is -2.64. The number of nitrogens with zero attached hydrogens (tertiary/aromatic N) is 2. The second-order valence-corrected chi connectivity index (χ2v) is 5.51. The molecule has 1 aliphatic heterocycles. The van der Waals surface area contributed by atoms with E-state index in [9.17, 15) is 9.59 Å². The molecular formula is C17H24N2O6. The van der Waals surface area contributed by atoms with E-state index in [1.165, 1.54) is 28.4 Å². The van der Waals surface area contributed by atoms with Crippen LogP contribution in [0.4, 0.5) is 4.79 Å². The van der Waals surface area contributed by atoms with Crippen LogP contribution in [0.3, 0.4) is 0 Å². The summed E-state index contributed by atoms with van der Waals surface area (Å²) in [5, 5.41) is 0. The van der Waals surface area contributed by atoms with Crippen molar-refractivity contribution < 1.29 is 28.5 Å². The van der Waals surface area contributed by atoms with Crippen LogP contribution in [0.1, 0.15) is 16.8 Å². The molecule has 0 N–H and O–H groups in total. The third kappa shape index (κ3) is 4.07. The molecule has 0 spiro atoms. The number of carbonyl (C=O) groups excluding carboxylic acids is 2. The number of amides is 2. The van der Waals surface area contributed by atoms with Gasteiger partial charge in [0.25, 0.3) is 5.91 Å². The Labute approximate surface area is 147 Å². The van der Waals surface area contributed by atoms with Crippen LogP contribution in [0.15, 0.2) is 12.1 Å². The van der Waals surface area contributed by atoms with Crippen LogP contribution in [0.5, 0.6) is 17.2 Å². The lowest BCUT2D eigenvalue weighted by Crippen LogP contribution is -2.37. The molecule has 0 saturated carbocycles. The van der Waals surface area contributed by atoms with Crippen molar-refractivity contribution in [3.8, 4) is 17.2 Å². The van der Waals surface area contributed by atoms with Gasteiger partial charge < -0.3 is 28.7 Å². The van der Waals surface area contributed by atoms with Gasteiger partial charge in [-0.3, -0.25) is 4.79 Å². The number of hydrogen-bond acceptors (Lipinski definition) is 6. The Morgan fingerprint density at radius 1 is 0.840 bits per heavy atom. The second kappa shape index (κ2) is 8.46. The van der Waals surface area contributed by atoms with Gasteiger partial charge in [-0.15, -0.1) is 0 Å². The van der Waals surface area contributed by atoms with Gasteiger partial charge in [0.05, 0.1) is 28.4 Å². The first-order valence-electron chi connectivity index (χ1n) is 7.97. The van der Waals surface area contributed by atoms with Crippen molar-refractivity contribution in [3.05, 3.63) is 17.7 Å². The lowest BCUT2D eigenvalue weighted by Gasteiger charge is -2.23. The van der Waals surface area contributed by atoms with Crippen LogP contribution in [-0.4, -0.2) is 76.4 Å². The zero-order valence-electron chi connectivity index (χ0n) is 15.0. The number of ether oxygens (including phenoxy) is 4. The highest BCUT2D eigenvalue weighted by atomic mass is 16.5. The lowest BCUT2D eigenvalue weighted by atomic mass is 10.1. The van der Waals surface area contributed by atoms with Crippen LogP contribution < -0.4 is 14.2 Å². The van der Waals surface area contributed by atoms with Gasteiger partial charge in [-0.2, -0.15) is 0 Å². The van der Waals surface area contributed by atoms with E-state index in [2.05, 4.69) is 0 Å². The van der Waals surface area contributed by atoms with E-state index in [1.807, 2.05) is 0 Å². The number of hydrogen-bond donors (Lipinski definition) is 0. The minimum Gasteiger partial charge on any atom is -0.496 e. The van der Waals surface area contributed by atoms with Gasteiger partial charge in [0.1, 0.15) is 22.8 Å². The summed E-state index contributed by atoms with van der Waals surface area (Å²) in [5.41, 5.74) is 0.345. The summed E-state index contributed by atoms with van der Waals surface area (Å²) >= 11 is 0. The third-order valence-electron chi connectivity index (χ3n) is 4.14. The quantitative estimate of drug-likeness (QED) is 0.820. The molecule has 0 bridgehead atoms. The van der Waals surface area contributed by atoms with Crippen LogP contribution in [0.25, 0.3) is 0 Å². The average Bonchev–Trinajstić information content (AvgIpc) is 2.91. The summed E-state index contributed by atoms with van der Waals surface area (Å²) in [6.45, 7) is 1.91. The Bertz CT molecular complexity index is 609. The van der Waals surface area contributed by atoms with Crippen molar-refractivity contribution in [3.63, 3.8) is 0 Å². The number of rotatable bonds is 4. The number of carbonyl (C=O) groups is 2. The Morgan fingerprint density at radius 2 is 1.40 bits per heavy atom. The normalized spacial score (nSPS) is 14.6. The van der Waals surface area contributed by atoms with E-state index < -0.39 is 0 Å². The summed E-state index contributed by atoms with van der Waals surface area (Å²) in [5.74, 6) is 1.10. The van der Waals surface area contributed by atoms with E-state index in [0.717, 1.165) is 0 Å². The van der Waals surface area contributed by atoms with Crippen LogP contribution >= 0.6 is 0 Å². The fraction of sp³-hybridized carbons (Fsp3) is 0.529. The summed E-state index contributed by atoms with van der Waals surface area (Å²) in [7, 11) is 5.87. The fourth-order valence-electron chi connectivity index (χ4n) is 2.81. The second-order valence-electron chi connectivity index (χ2n) is 5.51. The molecule has 2 amide bonds. The Morgan fingerprint density at radius 3 is 1.92 bits per heavy atom. The molecule has 2 rings (SSSR count). The average molecular weight is 352 g/mol. The molecule has 0 unspecified atom stereocenters. The molecule has 1 saturated heterocycles. The van der Waals surface area contributed by atoms with E-state index in [1.54, 1.807) is 21.9 Å². The molecule has 1 aliphatic rings. The van der Waals surface area contributed by atoms with Gasteiger partial charge in [0, 0.05) is 38.3 Å². The van der Waals surface area contributed by atoms with Crippen LogP contribution in [-0.2, 0) is 4.74 Å². The maximum Gasteiger partial charge on any atom is 0.409 e. The maximum absolute atomic E-state index is 13.0. The van der Waals surface area contributed by atoms with E-state index >= 15 is 0 Å². The van der Waals surface area contributed by atoms with Crippen molar-refractivity contribution in [1.29, 1.82) is 0 Å². The highest BCUT2D eigenvalue weighted by molar-refractivity contribution is 6.00. The molecule has 1 heterocycles. The molecule has 0 aromatic heterocycles. The summed E-state index contributed by atoms with van der Waals surface area (Å²) in [6, 6.07) is 3.29. The van der Waals surface area contributed by atoms with Gasteiger partial charge in [-0.05, 0) is 6.42 Å². The molecule has 1 fully saturated rings. The van der Waals surface area contributed by atoms with Crippen LogP contribution in [0, 0.1) is 0 Å².